The summed E-state index contributed by atoms with van der Waals surface area (Å²) in [7, 11) is 1.63. The molecule has 1 N–H and O–H groups in total. The standard InChI is InChI=1S/C33H38N4O4/c1-5-10-29-33(40)35(20-23-11-9-14-26(17-23)41-4)21-30-36(19-22(2)3)28-16-15-25(18-27(28)32(39)37(29)30)34-31(38)24-12-7-6-8-13-24/h6-9,11-18,22,29-30H,5,10,19-21H2,1-4H3,(H,34,38)/t29-,30+/m1/s1. The lowest BCUT2D eigenvalue weighted by Gasteiger charge is -2.53. The molecule has 1 saturated heterocycles. The molecule has 8 heteroatoms. The molecule has 41 heavy (non-hydrogen) atoms. The molecule has 0 aromatic heterocycles. The van der Waals surface area contributed by atoms with Crippen LogP contribution >= 0.6 is 0 Å². The van der Waals surface area contributed by atoms with Gasteiger partial charge >= 0.3 is 0 Å². The minimum absolute atomic E-state index is 0.0410. The normalized spacial score (nSPS) is 18.3. The molecule has 0 spiro atoms. The van der Waals surface area contributed by atoms with Gasteiger partial charge in [0.2, 0.25) is 5.91 Å². The minimum Gasteiger partial charge on any atom is -0.497 e. The van der Waals surface area contributed by atoms with Gasteiger partial charge in [-0.05, 0) is 60.4 Å². The van der Waals surface area contributed by atoms with Crippen LogP contribution in [0, 0.1) is 5.92 Å². The first kappa shape index (κ1) is 28.2. The van der Waals surface area contributed by atoms with Gasteiger partial charge in [-0.2, -0.15) is 0 Å². The molecule has 2 heterocycles. The number of methoxy groups -OCH3 is 1. The van der Waals surface area contributed by atoms with Gasteiger partial charge in [-0.3, -0.25) is 14.4 Å². The molecule has 2 atom stereocenters. The number of carbonyl (C=O) groups is 3. The van der Waals surface area contributed by atoms with Crippen molar-refractivity contribution in [1.82, 2.24) is 9.80 Å². The third-order valence-corrected chi connectivity index (χ3v) is 7.69. The molecule has 3 amide bonds. The third kappa shape index (κ3) is 5.78. The summed E-state index contributed by atoms with van der Waals surface area (Å²) in [5.74, 6) is 0.617. The first-order valence-electron chi connectivity index (χ1n) is 14.3. The molecule has 0 radical (unpaired) electrons. The Morgan fingerprint density at radius 1 is 1.02 bits per heavy atom. The van der Waals surface area contributed by atoms with Crippen LogP contribution in [0.2, 0.25) is 0 Å². The third-order valence-electron chi connectivity index (χ3n) is 7.69. The first-order chi connectivity index (χ1) is 19.8. The largest absolute Gasteiger partial charge is 0.497 e. The second kappa shape index (κ2) is 12.0. The molecular weight excluding hydrogens is 516 g/mol. The summed E-state index contributed by atoms with van der Waals surface area (Å²) in [5.41, 5.74) is 3.40. The Labute approximate surface area is 241 Å². The summed E-state index contributed by atoms with van der Waals surface area (Å²) >= 11 is 0. The van der Waals surface area contributed by atoms with E-state index < -0.39 is 6.04 Å². The van der Waals surface area contributed by atoms with Gasteiger partial charge in [-0.25, -0.2) is 0 Å². The van der Waals surface area contributed by atoms with Gasteiger partial charge in [-0.15, -0.1) is 0 Å². The Hall–Kier alpha value is -4.33. The Morgan fingerprint density at radius 3 is 2.51 bits per heavy atom. The number of nitrogens with one attached hydrogen (secondary N) is 1. The highest BCUT2D eigenvalue weighted by Crippen LogP contribution is 2.38. The molecule has 2 aliphatic heterocycles. The molecule has 3 aromatic rings. The SMILES string of the molecule is CCC[C@@H]1C(=O)N(Cc2cccc(OC)c2)C[C@H]2N(CC(C)C)c3ccc(NC(=O)c4ccccc4)cc3C(=O)N12. The second-order valence-electron chi connectivity index (χ2n) is 11.2. The lowest BCUT2D eigenvalue weighted by Crippen LogP contribution is -2.70. The zero-order valence-corrected chi connectivity index (χ0v) is 24.2. The molecule has 8 nitrogen and oxygen atoms in total. The monoisotopic (exact) mass is 554 g/mol. The van der Waals surface area contributed by atoms with E-state index in [2.05, 4.69) is 24.1 Å². The molecule has 2 aliphatic rings. The molecule has 5 rings (SSSR count). The number of hydrogen-bond acceptors (Lipinski definition) is 5. The number of ether oxygens (including phenoxy) is 1. The van der Waals surface area contributed by atoms with Gasteiger partial charge in [0, 0.05) is 24.3 Å². The van der Waals surface area contributed by atoms with E-state index in [-0.39, 0.29) is 23.9 Å². The first-order valence-corrected chi connectivity index (χ1v) is 14.3. The highest BCUT2D eigenvalue weighted by molar-refractivity contribution is 6.08. The van der Waals surface area contributed by atoms with Gasteiger partial charge in [0.15, 0.2) is 0 Å². The van der Waals surface area contributed by atoms with Gasteiger partial charge in [-0.1, -0.05) is 57.5 Å². The van der Waals surface area contributed by atoms with Crippen LogP contribution < -0.4 is 15.0 Å². The van der Waals surface area contributed by atoms with Crippen molar-refractivity contribution in [2.24, 2.45) is 5.92 Å². The second-order valence-corrected chi connectivity index (χ2v) is 11.2. The number of nitrogens with zero attached hydrogens (tertiary/aromatic N) is 3. The number of rotatable bonds is 9. The summed E-state index contributed by atoms with van der Waals surface area (Å²) in [5, 5.41) is 2.93. The molecule has 0 aliphatic carbocycles. The Morgan fingerprint density at radius 2 is 1.80 bits per heavy atom. The fraction of sp³-hybridized carbons (Fsp3) is 0.364. The summed E-state index contributed by atoms with van der Waals surface area (Å²) in [6, 6.07) is 21.7. The van der Waals surface area contributed by atoms with Crippen molar-refractivity contribution in [2.75, 3.05) is 30.4 Å². The molecule has 0 bridgehead atoms. The van der Waals surface area contributed by atoms with Crippen LogP contribution in [0.15, 0.2) is 72.8 Å². The Kier molecular flexibility index (Phi) is 8.28. The molecule has 3 aromatic carbocycles. The quantitative estimate of drug-likeness (QED) is 0.383. The molecular formula is C33H38N4O4. The van der Waals surface area contributed by atoms with Crippen LogP contribution in [0.1, 0.15) is 59.9 Å². The maximum absolute atomic E-state index is 14.2. The van der Waals surface area contributed by atoms with E-state index >= 15 is 0 Å². The highest BCUT2D eigenvalue weighted by Gasteiger charge is 2.48. The van der Waals surface area contributed by atoms with Gasteiger partial charge in [0.25, 0.3) is 11.8 Å². The van der Waals surface area contributed by atoms with E-state index in [1.165, 1.54) is 0 Å². The van der Waals surface area contributed by atoms with Gasteiger partial charge in [0.05, 0.1) is 24.9 Å². The summed E-state index contributed by atoms with van der Waals surface area (Å²) in [4.78, 5) is 46.9. The number of carbonyl (C=O) groups excluding carboxylic acids is 3. The van der Waals surface area contributed by atoms with Crippen molar-refractivity contribution >= 4 is 29.1 Å². The average Bonchev–Trinajstić information content (AvgIpc) is 2.97. The number of anilines is 2. The predicted octanol–water partition coefficient (Wildman–Crippen LogP) is 5.40. The van der Waals surface area contributed by atoms with Crippen LogP contribution in [-0.2, 0) is 11.3 Å². The van der Waals surface area contributed by atoms with E-state index in [0.717, 1.165) is 30.0 Å². The number of fused-ring (bicyclic) bond motifs is 2. The fourth-order valence-corrected chi connectivity index (χ4v) is 5.85. The molecule has 0 unspecified atom stereocenters. The summed E-state index contributed by atoms with van der Waals surface area (Å²) < 4.78 is 5.40. The lowest BCUT2D eigenvalue weighted by molar-refractivity contribution is -0.144. The van der Waals surface area contributed by atoms with Crippen molar-refractivity contribution < 1.29 is 19.1 Å². The lowest BCUT2D eigenvalue weighted by atomic mass is 9.95. The average molecular weight is 555 g/mol. The predicted molar refractivity (Wildman–Crippen MR) is 160 cm³/mol. The minimum atomic E-state index is -0.567. The van der Waals surface area contributed by atoms with E-state index in [1.54, 1.807) is 30.2 Å². The van der Waals surface area contributed by atoms with E-state index in [0.29, 0.717) is 42.2 Å². The molecule has 214 valence electrons. The smallest absolute Gasteiger partial charge is 0.258 e. The number of piperazine rings is 1. The summed E-state index contributed by atoms with van der Waals surface area (Å²) in [6.45, 7) is 7.91. The van der Waals surface area contributed by atoms with E-state index in [9.17, 15) is 14.4 Å². The Balaban J connectivity index is 1.50. The number of hydrogen-bond donors (Lipinski definition) is 1. The Bertz CT molecular complexity index is 1420. The van der Waals surface area contributed by atoms with Gasteiger partial charge < -0.3 is 24.8 Å². The fourth-order valence-electron chi connectivity index (χ4n) is 5.85. The van der Waals surface area contributed by atoms with Crippen molar-refractivity contribution in [2.45, 2.75) is 52.4 Å². The zero-order chi connectivity index (χ0) is 29.1. The number of amides is 3. The van der Waals surface area contributed by atoms with E-state index in [1.807, 2.05) is 66.4 Å². The summed E-state index contributed by atoms with van der Waals surface area (Å²) in [6.07, 6.45) is 1.05. The van der Waals surface area contributed by atoms with Crippen LogP contribution in [0.5, 0.6) is 5.75 Å². The topological polar surface area (TPSA) is 82.2 Å². The molecule has 1 fully saturated rings. The van der Waals surface area contributed by atoms with Crippen LogP contribution in [0.3, 0.4) is 0 Å². The zero-order valence-electron chi connectivity index (χ0n) is 24.2. The van der Waals surface area contributed by atoms with Crippen molar-refractivity contribution in [3.05, 3.63) is 89.5 Å². The van der Waals surface area contributed by atoms with Crippen LogP contribution in [0.25, 0.3) is 0 Å². The van der Waals surface area contributed by atoms with Crippen molar-refractivity contribution in [1.29, 1.82) is 0 Å². The van der Waals surface area contributed by atoms with Crippen LogP contribution in [0.4, 0.5) is 11.4 Å². The van der Waals surface area contributed by atoms with Crippen molar-refractivity contribution in [3.8, 4) is 5.75 Å². The maximum Gasteiger partial charge on any atom is 0.258 e. The molecule has 0 saturated carbocycles. The van der Waals surface area contributed by atoms with E-state index in [4.69, 9.17) is 4.74 Å². The van der Waals surface area contributed by atoms with Crippen molar-refractivity contribution in [3.63, 3.8) is 0 Å². The highest BCUT2D eigenvalue weighted by atomic mass is 16.5. The van der Waals surface area contributed by atoms with Crippen LogP contribution in [-0.4, -0.2) is 59.9 Å². The number of benzene rings is 3. The van der Waals surface area contributed by atoms with Gasteiger partial charge in [0.1, 0.15) is 18.0 Å². The maximum atomic E-state index is 14.2.